The predicted octanol–water partition coefficient (Wildman–Crippen LogP) is 4.34. The number of rotatable bonds is 9. The first-order valence-corrected chi connectivity index (χ1v) is 12.7. The Kier molecular flexibility index (Phi) is 7.41. The molecule has 0 saturated carbocycles. The summed E-state index contributed by atoms with van der Waals surface area (Å²) in [6.45, 7) is 5.89. The minimum atomic E-state index is 0.443. The molecule has 1 aliphatic heterocycles. The number of hydrogen-bond donors (Lipinski definition) is 2. The van der Waals surface area contributed by atoms with Crippen molar-refractivity contribution in [3.63, 3.8) is 0 Å². The van der Waals surface area contributed by atoms with Gasteiger partial charge in [0, 0.05) is 37.1 Å². The van der Waals surface area contributed by atoms with E-state index in [0.29, 0.717) is 36.2 Å². The summed E-state index contributed by atoms with van der Waals surface area (Å²) in [6, 6.07) is 7.65. The van der Waals surface area contributed by atoms with Gasteiger partial charge >= 0.3 is 0 Å². The molecule has 9 heteroatoms. The molecule has 0 unspecified atom stereocenters. The van der Waals surface area contributed by atoms with Gasteiger partial charge in [0.15, 0.2) is 5.76 Å². The molecule has 37 heavy (non-hydrogen) atoms. The van der Waals surface area contributed by atoms with Gasteiger partial charge in [0.1, 0.15) is 23.8 Å². The van der Waals surface area contributed by atoms with Crippen LogP contribution >= 0.6 is 0 Å². The van der Waals surface area contributed by atoms with E-state index < -0.39 is 0 Å². The third kappa shape index (κ3) is 5.32. The standard InChI is InChI=1S/C28H34N6O3/c1-18-10-14-37-27(18)26(30-2)24-21(29)8-6-19-17-31-28(33-25(19)24)32-22-9-7-20(16-23(22)35-3)36-15-13-34-11-4-5-12-34/h7,9-10,14,16-17H,4-6,8,11-13,15,29H2,1-3H3,(H,31,32,33). The highest BCUT2D eigenvalue weighted by molar-refractivity contribution is 6.31. The number of aliphatic imine (C=N–C) groups is 1. The Morgan fingerprint density at radius 1 is 1.22 bits per heavy atom. The number of ether oxygens (including phenoxy) is 2. The van der Waals surface area contributed by atoms with E-state index in [1.807, 2.05) is 37.4 Å². The van der Waals surface area contributed by atoms with Gasteiger partial charge in [-0.3, -0.25) is 9.89 Å². The van der Waals surface area contributed by atoms with Gasteiger partial charge < -0.3 is 24.9 Å². The molecule has 0 amide bonds. The number of fused-ring (bicyclic) bond motifs is 1. The minimum absolute atomic E-state index is 0.443. The van der Waals surface area contributed by atoms with Gasteiger partial charge in [-0.25, -0.2) is 9.97 Å². The lowest BCUT2D eigenvalue weighted by Gasteiger charge is -2.22. The molecule has 2 aromatic heterocycles. The minimum Gasteiger partial charge on any atom is -0.494 e. The molecule has 2 aliphatic rings. The Morgan fingerprint density at radius 2 is 2.05 bits per heavy atom. The van der Waals surface area contributed by atoms with Gasteiger partial charge in [-0.2, -0.15) is 0 Å². The van der Waals surface area contributed by atoms with E-state index in [9.17, 15) is 0 Å². The van der Waals surface area contributed by atoms with E-state index in [2.05, 4.69) is 20.2 Å². The largest absolute Gasteiger partial charge is 0.494 e. The molecule has 1 aliphatic carbocycles. The number of nitrogens with zero attached hydrogens (tertiary/aromatic N) is 4. The summed E-state index contributed by atoms with van der Waals surface area (Å²) in [4.78, 5) is 16.4. The lowest BCUT2D eigenvalue weighted by atomic mass is 9.89. The van der Waals surface area contributed by atoms with Crippen molar-refractivity contribution in [1.29, 1.82) is 0 Å². The van der Waals surface area contributed by atoms with E-state index in [1.165, 1.54) is 12.8 Å². The Bertz CT molecular complexity index is 1320. The Hall–Kier alpha value is -3.85. The van der Waals surface area contributed by atoms with Crippen LogP contribution in [0.2, 0.25) is 0 Å². The summed E-state index contributed by atoms with van der Waals surface area (Å²) < 4.78 is 17.4. The van der Waals surface area contributed by atoms with E-state index >= 15 is 0 Å². The summed E-state index contributed by atoms with van der Waals surface area (Å²) in [7, 11) is 3.38. The van der Waals surface area contributed by atoms with Crippen molar-refractivity contribution in [1.82, 2.24) is 14.9 Å². The monoisotopic (exact) mass is 502 g/mol. The van der Waals surface area contributed by atoms with Gasteiger partial charge in [-0.05, 0) is 75.0 Å². The second kappa shape index (κ2) is 11.0. The first-order chi connectivity index (χ1) is 18.1. The molecule has 3 N–H and O–H groups in total. The quantitative estimate of drug-likeness (QED) is 0.416. The van der Waals surface area contributed by atoms with Crippen LogP contribution in [0.25, 0.3) is 5.57 Å². The van der Waals surface area contributed by atoms with Crippen molar-refractivity contribution in [2.75, 3.05) is 45.7 Å². The van der Waals surface area contributed by atoms with Crippen LogP contribution in [0.1, 0.15) is 41.8 Å². The van der Waals surface area contributed by atoms with Crippen LogP contribution in [0, 0.1) is 6.92 Å². The van der Waals surface area contributed by atoms with Crippen molar-refractivity contribution in [3.8, 4) is 11.5 Å². The summed E-state index contributed by atoms with van der Waals surface area (Å²) in [5, 5.41) is 3.30. The van der Waals surface area contributed by atoms with Crippen LogP contribution in [0.3, 0.4) is 0 Å². The zero-order valence-electron chi connectivity index (χ0n) is 21.7. The molecule has 9 nitrogen and oxygen atoms in total. The summed E-state index contributed by atoms with van der Waals surface area (Å²) in [5.41, 5.74) is 12.3. The number of furan rings is 1. The number of anilines is 2. The van der Waals surface area contributed by atoms with Gasteiger partial charge in [0.2, 0.25) is 5.95 Å². The molecule has 0 atom stereocenters. The lowest BCUT2D eigenvalue weighted by molar-refractivity contribution is 0.237. The molecule has 0 bridgehead atoms. The molecule has 3 heterocycles. The fourth-order valence-electron chi connectivity index (χ4n) is 4.90. The number of allylic oxidation sites excluding steroid dienone is 2. The smallest absolute Gasteiger partial charge is 0.227 e. The number of aromatic nitrogens is 2. The van der Waals surface area contributed by atoms with E-state index in [1.54, 1.807) is 20.4 Å². The molecule has 5 rings (SSSR count). The Balaban J connectivity index is 1.37. The van der Waals surface area contributed by atoms with Gasteiger partial charge in [-0.1, -0.05) is 0 Å². The zero-order valence-corrected chi connectivity index (χ0v) is 21.7. The van der Waals surface area contributed by atoms with Crippen molar-refractivity contribution >= 4 is 22.9 Å². The van der Waals surface area contributed by atoms with Crippen molar-refractivity contribution in [2.24, 2.45) is 10.7 Å². The van der Waals surface area contributed by atoms with Gasteiger partial charge in [0.05, 0.1) is 24.8 Å². The third-order valence-electron chi connectivity index (χ3n) is 6.92. The Labute approximate surface area is 217 Å². The fourth-order valence-corrected chi connectivity index (χ4v) is 4.90. The van der Waals surface area contributed by atoms with Gasteiger partial charge in [0.25, 0.3) is 0 Å². The number of benzene rings is 1. The van der Waals surface area contributed by atoms with Crippen LogP contribution < -0.4 is 20.5 Å². The lowest BCUT2D eigenvalue weighted by Crippen LogP contribution is -2.25. The number of likely N-dealkylation sites (tertiary alicyclic amines) is 1. The highest BCUT2D eigenvalue weighted by Crippen LogP contribution is 2.34. The number of nitrogens with one attached hydrogen (secondary N) is 1. The topological polar surface area (TPSA) is 111 Å². The average Bonchev–Trinajstić information content (AvgIpc) is 3.58. The highest BCUT2D eigenvalue weighted by atomic mass is 16.5. The number of aryl methyl sites for hydroxylation is 2. The molecule has 1 saturated heterocycles. The SMILES string of the molecule is CN=C(C1=C(N)CCc2cnc(Nc3ccc(OCCN4CCCC4)cc3OC)nc21)c1occc1C. The molecule has 0 radical (unpaired) electrons. The maximum absolute atomic E-state index is 6.51. The van der Waals surface area contributed by atoms with Crippen LogP contribution in [0.4, 0.5) is 11.6 Å². The van der Waals surface area contributed by atoms with Crippen LogP contribution in [0.5, 0.6) is 11.5 Å². The average molecular weight is 503 g/mol. The van der Waals surface area contributed by atoms with E-state index in [4.69, 9.17) is 24.6 Å². The first kappa shape index (κ1) is 24.8. The predicted molar refractivity (Wildman–Crippen MR) is 145 cm³/mol. The normalized spacial score (nSPS) is 16.1. The summed E-state index contributed by atoms with van der Waals surface area (Å²) >= 11 is 0. The maximum Gasteiger partial charge on any atom is 0.227 e. The molecule has 0 spiro atoms. The maximum atomic E-state index is 6.51. The second-order valence-electron chi connectivity index (χ2n) is 9.36. The zero-order chi connectivity index (χ0) is 25.8. The number of hydrogen-bond acceptors (Lipinski definition) is 9. The third-order valence-corrected chi connectivity index (χ3v) is 6.92. The van der Waals surface area contributed by atoms with Crippen molar-refractivity contribution < 1.29 is 13.9 Å². The molecular weight excluding hydrogens is 468 g/mol. The second-order valence-corrected chi connectivity index (χ2v) is 9.36. The highest BCUT2D eigenvalue weighted by Gasteiger charge is 2.27. The summed E-state index contributed by atoms with van der Waals surface area (Å²) in [6.07, 6.45) is 7.54. The van der Waals surface area contributed by atoms with Crippen LogP contribution in [-0.2, 0) is 6.42 Å². The first-order valence-electron chi connectivity index (χ1n) is 12.7. The summed E-state index contributed by atoms with van der Waals surface area (Å²) in [5.74, 6) is 2.56. The van der Waals surface area contributed by atoms with E-state index in [0.717, 1.165) is 65.6 Å². The van der Waals surface area contributed by atoms with Gasteiger partial charge in [-0.15, -0.1) is 0 Å². The molecule has 194 valence electrons. The van der Waals surface area contributed by atoms with Crippen LogP contribution in [0.15, 0.2) is 51.8 Å². The number of nitrogens with two attached hydrogens (primary N) is 1. The van der Waals surface area contributed by atoms with Crippen LogP contribution in [-0.4, -0.2) is 61.0 Å². The molecule has 1 fully saturated rings. The Morgan fingerprint density at radius 3 is 2.78 bits per heavy atom. The number of methoxy groups -OCH3 is 1. The van der Waals surface area contributed by atoms with Crippen molar-refractivity contribution in [2.45, 2.75) is 32.6 Å². The molecule has 1 aromatic carbocycles. The fraction of sp³-hybridized carbons (Fsp3) is 0.393. The van der Waals surface area contributed by atoms with Crippen molar-refractivity contribution in [3.05, 3.63) is 65.0 Å². The molecule has 3 aromatic rings. The van der Waals surface area contributed by atoms with E-state index in [-0.39, 0.29) is 0 Å². The molecular formula is C28H34N6O3.